The molecule has 1 unspecified atom stereocenters. The van der Waals surface area contributed by atoms with Crippen molar-refractivity contribution in [1.82, 2.24) is 5.32 Å². The van der Waals surface area contributed by atoms with Crippen molar-refractivity contribution in [3.63, 3.8) is 0 Å². The summed E-state index contributed by atoms with van der Waals surface area (Å²) in [5.41, 5.74) is -0.167. The first-order valence-electron chi connectivity index (χ1n) is 5.34. The van der Waals surface area contributed by atoms with Crippen LogP contribution in [0.4, 0.5) is 13.2 Å². The number of carbonyl (C=O) groups is 1. The molecule has 5 heteroatoms. The highest BCUT2D eigenvalue weighted by atomic mass is 19.2. The van der Waals surface area contributed by atoms with Gasteiger partial charge in [-0.1, -0.05) is 0 Å². The molecule has 2 nitrogen and oxygen atoms in total. The molecule has 1 fully saturated rings. The quantitative estimate of drug-likeness (QED) is 0.793. The predicted octanol–water partition coefficient (Wildman–Crippen LogP) is 2.32. The lowest BCUT2D eigenvalue weighted by Crippen LogP contribution is -2.40. The molecule has 0 bridgehead atoms. The maximum absolute atomic E-state index is 13.0. The van der Waals surface area contributed by atoms with Gasteiger partial charge in [-0.05, 0) is 37.5 Å². The minimum absolute atomic E-state index is 0.0736. The molecule has 1 atom stereocenters. The number of hydrogen-bond acceptors (Lipinski definition) is 1. The van der Waals surface area contributed by atoms with E-state index in [-0.39, 0.29) is 12.3 Å². The Balaban J connectivity index is 2.22. The topological polar surface area (TPSA) is 29.1 Å². The second kappa shape index (κ2) is 4.05. The maximum Gasteiger partial charge on any atom is 0.220 e. The summed E-state index contributed by atoms with van der Waals surface area (Å²) in [6.07, 6.45) is 1.29. The Hall–Kier alpha value is -1.52. The van der Waals surface area contributed by atoms with Crippen LogP contribution >= 0.6 is 0 Å². The van der Waals surface area contributed by atoms with Crippen LogP contribution in [0.3, 0.4) is 0 Å². The van der Waals surface area contributed by atoms with Crippen LogP contribution in [-0.4, -0.2) is 11.4 Å². The van der Waals surface area contributed by atoms with E-state index in [1.165, 1.54) is 0 Å². The molecule has 1 saturated heterocycles. The first kappa shape index (κ1) is 12.0. The van der Waals surface area contributed by atoms with Crippen LogP contribution in [-0.2, 0) is 11.2 Å². The number of hydrogen-bond donors (Lipinski definition) is 1. The van der Waals surface area contributed by atoms with E-state index in [9.17, 15) is 18.0 Å². The fraction of sp³-hybridized carbons (Fsp3) is 0.417. The van der Waals surface area contributed by atoms with Crippen LogP contribution in [0.2, 0.25) is 0 Å². The third kappa shape index (κ3) is 2.43. The molecule has 17 heavy (non-hydrogen) atoms. The zero-order chi connectivity index (χ0) is 12.6. The molecule has 1 aliphatic heterocycles. The zero-order valence-corrected chi connectivity index (χ0v) is 9.32. The molecule has 1 aromatic carbocycles. The van der Waals surface area contributed by atoms with Crippen LogP contribution in [0.25, 0.3) is 0 Å². The van der Waals surface area contributed by atoms with Gasteiger partial charge >= 0.3 is 0 Å². The predicted molar refractivity (Wildman–Crippen MR) is 55.8 cm³/mol. The second-order valence-corrected chi connectivity index (χ2v) is 4.66. The van der Waals surface area contributed by atoms with Gasteiger partial charge in [0.25, 0.3) is 0 Å². The molecule has 92 valence electrons. The summed E-state index contributed by atoms with van der Waals surface area (Å²) in [5, 5.41) is 2.75. The Morgan fingerprint density at radius 3 is 2.35 bits per heavy atom. The summed E-state index contributed by atoms with van der Waals surface area (Å²) < 4.78 is 38.8. The molecule has 2 rings (SSSR count). The zero-order valence-electron chi connectivity index (χ0n) is 9.32. The highest BCUT2D eigenvalue weighted by Crippen LogP contribution is 2.25. The molecular weight excluding hydrogens is 231 g/mol. The van der Waals surface area contributed by atoms with Crippen molar-refractivity contribution >= 4 is 5.91 Å². The Morgan fingerprint density at radius 1 is 1.29 bits per heavy atom. The Morgan fingerprint density at radius 2 is 1.88 bits per heavy atom. The highest BCUT2D eigenvalue weighted by molar-refractivity contribution is 5.79. The van der Waals surface area contributed by atoms with E-state index in [1.807, 2.05) is 0 Å². The third-order valence-corrected chi connectivity index (χ3v) is 2.98. The van der Waals surface area contributed by atoms with E-state index >= 15 is 0 Å². The molecule has 1 N–H and O–H groups in total. The van der Waals surface area contributed by atoms with E-state index in [4.69, 9.17) is 0 Å². The summed E-state index contributed by atoms with van der Waals surface area (Å²) in [4.78, 5) is 11.1. The molecule has 0 radical (unpaired) electrons. The van der Waals surface area contributed by atoms with Crippen molar-refractivity contribution in [3.05, 3.63) is 35.1 Å². The molecule has 1 amide bonds. The maximum atomic E-state index is 13.0. The molecule has 0 aliphatic carbocycles. The molecule has 1 heterocycles. The summed E-state index contributed by atoms with van der Waals surface area (Å²) >= 11 is 0. The molecular formula is C12H12F3NO. The van der Waals surface area contributed by atoms with Crippen LogP contribution < -0.4 is 5.32 Å². The van der Waals surface area contributed by atoms with Gasteiger partial charge in [0, 0.05) is 12.0 Å². The molecule has 1 aromatic rings. The summed E-state index contributed by atoms with van der Waals surface area (Å²) in [5.74, 6) is -3.94. The summed E-state index contributed by atoms with van der Waals surface area (Å²) in [6.45, 7) is 1.80. The Kier molecular flexibility index (Phi) is 2.85. The van der Waals surface area contributed by atoms with E-state index in [1.54, 1.807) is 6.92 Å². The van der Waals surface area contributed by atoms with Crippen molar-refractivity contribution < 1.29 is 18.0 Å². The van der Waals surface area contributed by atoms with Crippen molar-refractivity contribution in [2.75, 3.05) is 0 Å². The SMILES string of the molecule is CC1(Cc2cc(F)c(F)c(F)c2)CCC(=O)N1. The van der Waals surface area contributed by atoms with Gasteiger partial charge in [-0.3, -0.25) is 4.79 Å². The van der Waals surface area contributed by atoms with Crippen LogP contribution in [0.1, 0.15) is 25.3 Å². The fourth-order valence-corrected chi connectivity index (χ4v) is 2.14. The highest BCUT2D eigenvalue weighted by Gasteiger charge is 2.33. The van der Waals surface area contributed by atoms with Gasteiger partial charge in [0.05, 0.1) is 0 Å². The normalized spacial score (nSPS) is 23.9. The van der Waals surface area contributed by atoms with Gasteiger partial charge in [0.1, 0.15) is 0 Å². The lowest BCUT2D eigenvalue weighted by molar-refractivity contribution is -0.119. The molecule has 0 aromatic heterocycles. The molecule has 1 aliphatic rings. The third-order valence-electron chi connectivity index (χ3n) is 2.98. The largest absolute Gasteiger partial charge is 0.351 e. The van der Waals surface area contributed by atoms with Gasteiger partial charge in [-0.2, -0.15) is 0 Å². The lowest BCUT2D eigenvalue weighted by atomic mass is 9.91. The Bertz CT molecular complexity index is 452. The average Bonchev–Trinajstić information content (AvgIpc) is 2.54. The van der Waals surface area contributed by atoms with Crippen molar-refractivity contribution in [2.45, 2.75) is 31.7 Å². The van der Waals surface area contributed by atoms with Gasteiger partial charge in [0.15, 0.2) is 17.5 Å². The van der Waals surface area contributed by atoms with E-state index in [0.717, 1.165) is 12.1 Å². The number of carbonyl (C=O) groups excluding carboxylic acids is 1. The second-order valence-electron chi connectivity index (χ2n) is 4.66. The number of rotatable bonds is 2. The molecule has 0 saturated carbocycles. The number of benzene rings is 1. The minimum atomic E-state index is -1.46. The number of nitrogens with one attached hydrogen (secondary N) is 1. The minimum Gasteiger partial charge on any atom is -0.351 e. The number of halogens is 3. The van der Waals surface area contributed by atoms with Crippen molar-refractivity contribution in [3.8, 4) is 0 Å². The van der Waals surface area contributed by atoms with Crippen molar-refractivity contribution in [2.24, 2.45) is 0 Å². The van der Waals surface area contributed by atoms with Gasteiger partial charge in [-0.15, -0.1) is 0 Å². The summed E-state index contributed by atoms with van der Waals surface area (Å²) in [6, 6.07) is 1.93. The fourth-order valence-electron chi connectivity index (χ4n) is 2.14. The van der Waals surface area contributed by atoms with Crippen LogP contribution in [0.5, 0.6) is 0 Å². The van der Waals surface area contributed by atoms with Crippen LogP contribution in [0.15, 0.2) is 12.1 Å². The van der Waals surface area contributed by atoms with E-state index < -0.39 is 23.0 Å². The van der Waals surface area contributed by atoms with Gasteiger partial charge in [-0.25, -0.2) is 13.2 Å². The first-order chi connectivity index (χ1) is 7.89. The first-order valence-corrected chi connectivity index (χ1v) is 5.34. The summed E-state index contributed by atoms with van der Waals surface area (Å²) in [7, 11) is 0. The van der Waals surface area contributed by atoms with E-state index in [0.29, 0.717) is 18.4 Å². The number of amides is 1. The van der Waals surface area contributed by atoms with E-state index in [2.05, 4.69) is 5.32 Å². The van der Waals surface area contributed by atoms with Crippen molar-refractivity contribution in [1.29, 1.82) is 0 Å². The average molecular weight is 243 g/mol. The van der Waals surface area contributed by atoms with Gasteiger partial charge in [0.2, 0.25) is 5.91 Å². The van der Waals surface area contributed by atoms with Crippen LogP contribution in [0, 0.1) is 17.5 Å². The molecule has 0 spiro atoms. The standard InChI is InChI=1S/C12H12F3NO/c1-12(3-2-10(17)16-12)6-7-4-8(13)11(15)9(14)5-7/h4-5H,2-3,6H2,1H3,(H,16,17). The Labute approximate surface area is 96.8 Å². The monoisotopic (exact) mass is 243 g/mol. The lowest BCUT2D eigenvalue weighted by Gasteiger charge is -2.24. The van der Waals surface area contributed by atoms with Gasteiger partial charge < -0.3 is 5.32 Å². The smallest absolute Gasteiger partial charge is 0.220 e.